The Morgan fingerprint density at radius 1 is 0.974 bits per heavy atom. The first kappa shape index (κ1) is 23.7. The van der Waals surface area contributed by atoms with Gasteiger partial charge in [-0.3, -0.25) is 15.1 Å². The second kappa shape index (κ2) is 9.68. The third-order valence-corrected chi connectivity index (χ3v) is 6.59. The molecule has 0 spiro atoms. The topological polar surface area (TPSA) is 98.4 Å². The highest BCUT2D eigenvalue weighted by molar-refractivity contribution is 5.99. The number of pyridine rings is 3. The fourth-order valence-electron chi connectivity index (χ4n) is 4.63. The van der Waals surface area contributed by atoms with Crippen molar-refractivity contribution in [2.24, 2.45) is 0 Å². The Morgan fingerprint density at radius 2 is 1.87 bits per heavy atom. The number of H-pyrrole nitrogens is 2. The molecule has 6 aromatic rings. The first-order valence-corrected chi connectivity index (χ1v) is 12.4. The molecule has 0 aliphatic heterocycles. The normalized spacial score (nSPS) is 11.6. The van der Waals surface area contributed by atoms with Crippen LogP contribution in [0.5, 0.6) is 0 Å². The lowest BCUT2D eigenvalue weighted by Gasteiger charge is -2.12. The Labute approximate surface area is 219 Å². The van der Waals surface area contributed by atoms with E-state index >= 15 is 0 Å². The van der Waals surface area contributed by atoms with Crippen molar-refractivity contribution < 1.29 is 4.39 Å². The van der Waals surface area contributed by atoms with Crippen molar-refractivity contribution >= 4 is 27.6 Å². The maximum atomic E-state index is 14.6. The van der Waals surface area contributed by atoms with E-state index in [-0.39, 0.29) is 5.82 Å². The molecule has 0 unspecified atom stereocenters. The van der Waals surface area contributed by atoms with Crippen LogP contribution in [-0.4, -0.2) is 62.2 Å². The van der Waals surface area contributed by atoms with Gasteiger partial charge in [0.2, 0.25) is 0 Å². The van der Waals surface area contributed by atoms with Gasteiger partial charge in [-0.2, -0.15) is 5.10 Å². The molecule has 1 aromatic carbocycles. The Hall–Kier alpha value is -4.63. The van der Waals surface area contributed by atoms with Gasteiger partial charge in [-0.05, 0) is 75.1 Å². The molecular weight excluding hydrogens is 479 g/mol. The molecule has 0 bridgehead atoms. The molecule has 5 heterocycles. The highest BCUT2D eigenvalue weighted by atomic mass is 19.1. The van der Waals surface area contributed by atoms with Crippen LogP contribution in [0.3, 0.4) is 0 Å². The van der Waals surface area contributed by atoms with Gasteiger partial charge in [0.1, 0.15) is 17.0 Å². The van der Waals surface area contributed by atoms with Crippen molar-refractivity contribution in [3.8, 4) is 33.9 Å². The Morgan fingerprint density at radius 3 is 2.71 bits per heavy atom. The van der Waals surface area contributed by atoms with E-state index in [2.05, 4.69) is 35.4 Å². The summed E-state index contributed by atoms with van der Waals surface area (Å²) in [4.78, 5) is 19.3. The van der Waals surface area contributed by atoms with Gasteiger partial charge in [0.15, 0.2) is 0 Å². The highest BCUT2D eigenvalue weighted by Gasteiger charge is 2.17. The molecule has 190 valence electrons. The van der Waals surface area contributed by atoms with Crippen LogP contribution in [0.4, 0.5) is 10.1 Å². The van der Waals surface area contributed by atoms with Crippen LogP contribution in [0.2, 0.25) is 0 Å². The van der Waals surface area contributed by atoms with E-state index in [9.17, 15) is 4.39 Å². The monoisotopic (exact) mass is 506 g/mol. The zero-order valence-electron chi connectivity index (χ0n) is 21.4. The first-order chi connectivity index (χ1) is 18.5. The van der Waals surface area contributed by atoms with E-state index in [4.69, 9.17) is 4.98 Å². The predicted octanol–water partition coefficient (Wildman–Crippen LogP) is 5.65. The molecule has 0 fully saturated rings. The number of fused-ring (bicyclic) bond motifs is 2. The smallest absolute Gasteiger partial charge is 0.135 e. The van der Waals surface area contributed by atoms with Gasteiger partial charge >= 0.3 is 0 Å². The molecule has 0 aliphatic carbocycles. The number of aromatic nitrogens is 6. The fourth-order valence-corrected chi connectivity index (χ4v) is 4.63. The molecule has 0 atom stereocenters. The summed E-state index contributed by atoms with van der Waals surface area (Å²) in [5.41, 5.74) is 9.00. The molecule has 0 saturated heterocycles. The van der Waals surface area contributed by atoms with Crippen LogP contribution in [-0.2, 0) is 0 Å². The van der Waals surface area contributed by atoms with Gasteiger partial charge < -0.3 is 15.2 Å². The quantitative estimate of drug-likeness (QED) is 0.259. The third-order valence-electron chi connectivity index (χ3n) is 6.59. The predicted molar refractivity (Wildman–Crippen MR) is 149 cm³/mol. The second-order valence-electron chi connectivity index (χ2n) is 9.62. The molecule has 0 radical (unpaired) electrons. The highest BCUT2D eigenvalue weighted by Crippen LogP contribution is 2.34. The van der Waals surface area contributed by atoms with Gasteiger partial charge in [-0.15, -0.1) is 0 Å². The van der Waals surface area contributed by atoms with Gasteiger partial charge in [0.05, 0.1) is 22.6 Å². The van der Waals surface area contributed by atoms with Crippen LogP contribution in [0.25, 0.3) is 55.8 Å². The lowest BCUT2D eigenvalue weighted by atomic mass is 10.1. The van der Waals surface area contributed by atoms with Crippen molar-refractivity contribution in [2.75, 3.05) is 32.5 Å². The van der Waals surface area contributed by atoms with E-state index < -0.39 is 0 Å². The van der Waals surface area contributed by atoms with Gasteiger partial charge in [0, 0.05) is 59.4 Å². The SMILES string of the molecule is Cc1ccncc1-c1ccc2[nH]nc(-c3cc4c(-c5cc(F)cc(NCCN(C)C)c5)nccc4[nH]3)c2n1. The summed E-state index contributed by atoms with van der Waals surface area (Å²) in [5, 5.41) is 11.8. The summed E-state index contributed by atoms with van der Waals surface area (Å²) in [5.74, 6) is -0.315. The maximum absolute atomic E-state index is 14.6. The summed E-state index contributed by atoms with van der Waals surface area (Å²) in [6.45, 7) is 3.59. The summed E-state index contributed by atoms with van der Waals surface area (Å²) < 4.78 is 14.6. The van der Waals surface area contributed by atoms with Crippen LogP contribution < -0.4 is 5.32 Å². The average Bonchev–Trinajstić information content (AvgIpc) is 3.52. The summed E-state index contributed by atoms with van der Waals surface area (Å²) >= 11 is 0. The molecule has 38 heavy (non-hydrogen) atoms. The average molecular weight is 507 g/mol. The summed E-state index contributed by atoms with van der Waals surface area (Å²) in [6, 6.07) is 14.8. The van der Waals surface area contributed by atoms with E-state index in [1.807, 2.05) is 63.6 Å². The Bertz CT molecular complexity index is 1770. The van der Waals surface area contributed by atoms with E-state index in [1.54, 1.807) is 12.4 Å². The Balaban J connectivity index is 1.41. The molecule has 6 rings (SSSR count). The largest absolute Gasteiger partial charge is 0.384 e. The number of hydrogen-bond acceptors (Lipinski definition) is 6. The first-order valence-electron chi connectivity index (χ1n) is 12.4. The van der Waals surface area contributed by atoms with Gasteiger partial charge in [-0.25, -0.2) is 9.37 Å². The third kappa shape index (κ3) is 4.48. The lowest BCUT2D eigenvalue weighted by molar-refractivity contribution is 0.425. The van der Waals surface area contributed by atoms with Crippen molar-refractivity contribution in [1.82, 2.24) is 35.0 Å². The number of anilines is 1. The van der Waals surface area contributed by atoms with E-state index in [0.717, 1.165) is 56.7 Å². The van der Waals surface area contributed by atoms with E-state index in [0.29, 0.717) is 23.5 Å². The van der Waals surface area contributed by atoms with Crippen molar-refractivity contribution in [3.05, 3.63) is 78.5 Å². The van der Waals surface area contributed by atoms with Crippen LogP contribution in [0.15, 0.2) is 67.1 Å². The molecule has 8 nitrogen and oxygen atoms in total. The van der Waals surface area contributed by atoms with Crippen molar-refractivity contribution in [1.29, 1.82) is 0 Å². The summed E-state index contributed by atoms with van der Waals surface area (Å²) in [6.07, 6.45) is 5.33. The zero-order valence-corrected chi connectivity index (χ0v) is 21.4. The minimum atomic E-state index is -0.315. The zero-order chi connectivity index (χ0) is 26.2. The number of aryl methyl sites for hydroxylation is 1. The Kier molecular flexibility index (Phi) is 6.05. The number of aromatic amines is 2. The summed E-state index contributed by atoms with van der Waals surface area (Å²) in [7, 11) is 4.01. The van der Waals surface area contributed by atoms with Crippen LogP contribution in [0, 0.1) is 12.7 Å². The number of likely N-dealkylation sites (N-methyl/N-ethyl adjacent to an activating group) is 1. The fraction of sp³-hybridized carbons (Fsp3) is 0.172. The molecule has 0 amide bonds. The van der Waals surface area contributed by atoms with Crippen LogP contribution >= 0.6 is 0 Å². The molecule has 5 aromatic heterocycles. The number of nitrogens with one attached hydrogen (secondary N) is 3. The van der Waals surface area contributed by atoms with E-state index in [1.165, 1.54) is 12.1 Å². The molecule has 9 heteroatoms. The molecule has 3 N–H and O–H groups in total. The number of hydrogen-bond donors (Lipinski definition) is 3. The van der Waals surface area contributed by atoms with Gasteiger partial charge in [0.25, 0.3) is 0 Å². The van der Waals surface area contributed by atoms with Crippen molar-refractivity contribution in [2.45, 2.75) is 6.92 Å². The molecule has 0 aliphatic rings. The maximum Gasteiger partial charge on any atom is 0.135 e. The number of benzene rings is 1. The molecule has 0 saturated carbocycles. The molecular formula is C29H27FN8. The lowest BCUT2D eigenvalue weighted by Crippen LogP contribution is -2.20. The van der Waals surface area contributed by atoms with Gasteiger partial charge in [-0.1, -0.05) is 0 Å². The standard InChI is InChI=1S/C29H27FN8/c1-17-6-8-31-16-22(17)23-4-5-25-28(35-23)29(37-36-25)26-15-21-24(34-26)7-9-33-27(21)18-12-19(30)14-20(13-18)32-10-11-38(2)3/h4-9,12-16,32,34H,10-11H2,1-3H3,(H,36,37). The number of rotatable bonds is 7. The minimum absolute atomic E-state index is 0.315. The second-order valence-corrected chi connectivity index (χ2v) is 9.62. The van der Waals surface area contributed by atoms with Crippen LogP contribution in [0.1, 0.15) is 5.56 Å². The number of nitrogens with zero attached hydrogens (tertiary/aromatic N) is 5. The van der Waals surface area contributed by atoms with Crippen molar-refractivity contribution in [3.63, 3.8) is 0 Å². The number of halogens is 1. The minimum Gasteiger partial charge on any atom is -0.384 e.